The second-order valence-electron chi connectivity index (χ2n) is 5.00. The average molecular weight is 367 g/mol. The minimum Gasteiger partial charge on any atom is -0.465 e. The second-order valence-corrected chi connectivity index (χ2v) is 5.00. The van der Waals surface area contributed by atoms with Gasteiger partial charge in [0.05, 0.1) is 20.8 Å². The van der Waals surface area contributed by atoms with Gasteiger partial charge in [0.25, 0.3) is 0 Å². The first-order valence-electron chi connectivity index (χ1n) is 7.68. The van der Waals surface area contributed by atoms with Crippen LogP contribution in [0.25, 0.3) is 0 Å². The first-order valence-corrected chi connectivity index (χ1v) is 7.68. The van der Waals surface area contributed by atoms with Crippen LogP contribution in [-0.2, 0) is 28.5 Å². The fourth-order valence-electron chi connectivity index (χ4n) is 2.01. The molecule has 0 bridgehead atoms. The van der Waals surface area contributed by atoms with Crippen molar-refractivity contribution in [3.8, 4) is 0 Å². The molecule has 0 atom stereocenters. The van der Waals surface area contributed by atoms with Crippen molar-refractivity contribution in [2.75, 3.05) is 35.0 Å². The summed E-state index contributed by atoms with van der Waals surface area (Å²) in [6.45, 7) is 0.180. The number of aliphatic imine (C=N–C) groups is 1. The molecule has 8 heteroatoms. The molecule has 7 nitrogen and oxygen atoms in total. The minimum absolute atomic E-state index is 0.116. The summed E-state index contributed by atoms with van der Waals surface area (Å²) in [5, 5.41) is 0. The lowest BCUT2D eigenvalue weighted by Crippen LogP contribution is -2.19. The van der Waals surface area contributed by atoms with E-state index in [4.69, 9.17) is 9.47 Å². The normalized spacial score (nSPS) is 11.2. The van der Waals surface area contributed by atoms with Crippen molar-refractivity contribution in [3.05, 3.63) is 47.3 Å². The molecule has 0 heterocycles. The number of methoxy groups -OCH3 is 4. The zero-order valence-corrected chi connectivity index (χ0v) is 15.2. The molecule has 1 rings (SSSR count). The predicted molar refractivity (Wildman–Crippen MR) is 92.3 cm³/mol. The Balaban J connectivity index is 3.16. The van der Waals surface area contributed by atoms with Crippen LogP contribution in [0.5, 0.6) is 0 Å². The van der Waals surface area contributed by atoms with Crippen LogP contribution in [0.2, 0.25) is 0 Å². The van der Waals surface area contributed by atoms with Gasteiger partial charge in [0.15, 0.2) is 6.29 Å². The van der Waals surface area contributed by atoms with Gasteiger partial charge in [-0.15, -0.1) is 0 Å². The molecule has 0 saturated carbocycles. The zero-order chi connectivity index (χ0) is 19.5. The third-order valence-electron chi connectivity index (χ3n) is 3.44. The number of hydrogen-bond acceptors (Lipinski definition) is 7. The highest BCUT2D eigenvalue weighted by molar-refractivity contribution is 6.14. The summed E-state index contributed by atoms with van der Waals surface area (Å²) < 4.78 is 32.5. The van der Waals surface area contributed by atoms with E-state index in [1.807, 2.05) is 0 Å². The van der Waals surface area contributed by atoms with Gasteiger partial charge in [0.2, 0.25) is 0 Å². The van der Waals surface area contributed by atoms with Gasteiger partial charge in [-0.3, -0.25) is 4.99 Å². The van der Waals surface area contributed by atoms with Crippen LogP contribution in [0.15, 0.2) is 40.9 Å². The van der Waals surface area contributed by atoms with Crippen molar-refractivity contribution in [2.45, 2.75) is 12.7 Å². The summed E-state index contributed by atoms with van der Waals surface area (Å²) in [6, 6.07) is 5.68. The standard InChI is InChI=1S/C18H22FNO6/c1-23-16(24-2)11-20-15(12-5-7-13(19)8-6-12)10-9-14(17(21)25-3)18(22)26-4/h5-9,16H,10-11H2,1-4H3. The van der Waals surface area contributed by atoms with Crippen LogP contribution >= 0.6 is 0 Å². The van der Waals surface area contributed by atoms with Gasteiger partial charge in [-0.25, -0.2) is 14.0 Å². The quantitative estimate of drug-likeness (QED) is 0.166. The monoisotopic (exact) mass is 367 g/mol. The van der Waals surface area contributed by atoms with Crippen molar-refractivity contribution in [1.82, 2.24) is 0 Å². The summed E-state index contributed by atoms with van der Waals surface area (Å²) in [7, 11) is 5.28. The molecule has 0 aliphatic heterocycles. The van der Waals surface area contributed by atoms with Gasteiger partial charge < -0.3 is 18.9 Å². The van der Waals surface area contributed by atoms with E-state index in [2.05, 4.69) is 14.5 Å². The number of halogens is 1. The highest BCUT2D eigenvalue weighted by Crippen LogP contribution is 2.11. The number of allylic oxidation sites excluding steroid dienone is 1. The van der Waals surface area contributed by atoms with E-state index in [1.54, 1.807) is 12.1 Å². The molecular weight excluding hydrogens is 345 g/mol. The van der Waals surface area contributed by atoms with Gasteiger partial charge in [0, 0.05) is 26.4 Å². The zero-order valence-electron chi connectivity index (χ0n) is 15.2. The smallest absolute Gasteiger partial charge is 0.344 e. The van der Waals surface area contributed by atoms with Gasteiger partial charge >= 0.3 is 11.9 Å². The molecule has 1 aromatic carbocycles. The lowest BCUT2D eigenvalue weighted by molar-refractivity contribution is -0.144. The molecule has 0 amide bonds. The maximum Gasteiger partial charge on any atom is 0.344 e. The molecule has 0 unspecified atom stereocenters. The van der Waals surface area contributed by atoms with Crippen LogP contribution in [0, 0.1) is 5.82 Å². The first kappa shape index (κ1) is 21.5. The number of ether oxygens (including phenoxy) is 4. The Labute approximate surface area is 151 Å². The highest BCUT2D eigenvalue weighted by atomic mass is 19.1. The van der Waals surface area contributed by atoms with Crippen LogP contribution in [0.4, 0.5) is 4.39 Å². The molecule has 142 valence electrons. The van der Waals surface area contributed by atoms with Crippen molar-refractivity contribution < 1.29 is 32.9 Å². The highest BCUT2D eigenvalue weighted by Gasteiger charge is 2.20. The number of nitrogens with zero attached hydrogens (tertiary/aromatic N) is 1. The Morgan fingerprint density at radius 1 is 1.04 bits per heavy atom. The molecule has 0 radical (unpaired) electrons. The third-order valence-corrected chi connectivity index (χ3v) is 3.44. The van der Waals surface area contributed by atoms with Crippen LogP contribution in [0.3, 0.4) is 0 Å². The third kappa shape index (κ3) is 6.38. The lowest BCUT2D eigenvalue weighted by Gasteiger charge is -2.12. The Morgan fingerprint density at radius 2 is 1.58 bits per heavy atom. The van der Waals surface area contributed by atoms with Crippen molar-refractivity contribution in [3.63, 3.8) is 0 Å². The Morgan fingerprint density at radius 3 is 2.04 bits per heavy atom. The largest absolute Gasteiger partial charge is 0.465 e. The minimum atomic E-state index is -0.818. The molecular formula is C18H22FNO6. The molecule has 0 aromatic heterocycles. The van der Waals surface area contributed by atoms with E-state index in [0.717, 1.165) is 14.2 Å². The maximum atomic E-state index is 13.2. The SMILES string of the molecule is COC(=O)C(=CCC(=NCC(OC)OC)c1ccc(F)cc1)C(=O)OC. The fourth-order valence-corrected chi connectivity index (χ4v) is 2.01. The lowest BCUT2D eigenvalue weighted by atomic mass is 10.1. The Hall–Kier alpha value is -2.58. The first-order chi connectivity index (χ1) is 12.5. The molecule has 26 heavy (non-hydrogen) atoms. The molecule has 0 fully saturated rings. The Kier molecular flexibility index (Phi) is 9.18. The second kappa shape index (κ2) is 11.1. The number of carbonyl (C=O) groups is 2. The van der Waals surface area contributed by atoms with E-state index in [9.17, 15) is 14.0 Å². The average Bonchev–Trinajstić information content (AvgIpc) is 2.67. The van der Waals surface area contributed by atoms with Crippen LogP contribution in [-0.4, -0.2) is 58.9 Å². The van der Waals surface area contributed by atoms with Crippen molar-refractivity contribution >= 4 is 17.7 Å². The van der Waals surface area contributed by atoms with E-state index in [1.165, 1.54) is 32.4 Å². The van der Waals surface area contributed by atoms with Crippen molar-refractivity contribution in [1.29, 1.82) is 0 Å². The summed E-state index contributed by atoms with van der Waals surface area (Å²) in [4.78, 5) is 27.9. The Bertz CT molecular complexity index is 647. The molecule has 0 spiro atoms. The van der Waals surface area contributed by atoms with Crippen LogP contribution in [0.1, 0.15) is 12.0 Å². The number of rotatable bonds is 9. The topological polar surface area (TPSA) is 83.4 Å². The molecule has 0 aliphatic carbocycles. The van der Waals surface area contributed by atoms with E-state index < -0.39 is 18.2 Å². The molecule has 1 aromatic rings. The molecule has 0 saturated heterocycles. The van der Waals surface area contributed by atoms with Gasteiger partial charge in [-0.1, -0.05) is 18.2 Å². The summed E-state index contributed by atoms with van der Waals surface area (Å²) in [6.07, 6.45) is 0.912. The summed E-state index contributed by atoms with van der Waals surface area (Å²) >= 11 is 0. The molecule has 0 aliphatic rings. The van der Waals surface area contributed by atoms with E-state index in [-0.39, 0.29) is 24.4 Å². The summed E-state index contributed by atoms with van der Waals surface area (Å²) in [5.41, 5.74) is 0.886. The van der Waals surface area contributed by atoms with Gasteiger partial charge in [-0.2, -0.15) is 0 Å². The number of hydrogen-bond donors (Lipinski definition) is 0. The molecule has 0 N–H and O–H groups in total. The number of carbonyl (C=O) groups excluding carboxylic acids is 2. The van der Waals surface area contributed by atoms with E-state index in [0.29, 0.717) is 11.3 Å². The van der Waals surface area contributed by atoms with E-state index >= 15 is 0 Å². The summed E-state index contributed by atoms with van der Waals surface area (Å²) in [5.74, 6) is -2.02. The van der Waals surface area contributed by atoms with Gasteiger partial charge in [0.1, 0.15) is 11.4 Å². The maximum absolute atomic E-state index is 13.2. The number of benzene rings is 1. The van der Waals surface area contributed by atoms with Gasteiger partial charge in [-0.05, 0) is 17.7 Å². The predicted octanol–water partition coefficient (Wildman–Crippen LogP) is 1.90. The number of esters is 2. The van der Waals surface area contributed by atoms with Crippen LogP contribution < -0.4 is 0 Å². The fraction of sp³-hybridized carbons (Fsp3) is 0.389. The van der Waals surface area contributed by atoms with Crippen molar-refractivity contribution in [2.24, 2.45) is 4.99 Å².